The Kier molecular flexibility index (Phi) is 6.78. The number of hydrogen-bond donors (Lipinski definition) is 1. The van der Waals surface area contributed by atoms with Gasteiger partial charge in [0.15, 0.2) is 0 Å². The van der Waals surface area contributed by atoms with Gasteiger partial charge >= 0.3 is 0 Å². The summed E-state index contributed by atoms with van der Waals surface area (Å²) in [6, 6.07) is 8.01. The van der Waals surface area contributed by atoms with E-state index in [2.05, 4.69) is 24.4 Å². The Morgan fingerprint density at radius 3 is 2.88 bits per heavy atom. The lowest BCUT2D eigenvalue weighted by Crippen LogP contribution is -2.39. The molecule has 5 heteroatoms. The molecule has 1 aliphatic heterocycles. The molecule has 1 aliphatic carbocycles. The van der Waals surface area contributed by atoms with Crippen LogP contribution in [0.25, 0.3) is 0 Å². The van der Waals surface area contributed by atoms with Crippen molar-refractivity contribution in [3.8, 4) is 0 Å². The number of nitrogens with zero attached hydrogens (tertiary/aromatic N) is 1. The minimum Gasteiger partial charge on any atom is -0.356 e. The third-order valence-corrected chi connectivity index (χ3v) is 6.09. The van der Waals surface area contributed by atoms with E-state index >= 15 is 0 Å². The molecule has 3 rings (SSSR count). The molecule has 1 N–H and O–H groups in total. The summed E-state index contributed by atoms with van der Waals surface area (Å²) in [6.07, 6.45) is 8.67. The molecule has 1 aromatic carbocycles. The van der Waals surface area contributed by atoms with Crippen LogP contribution in [-0.2, 0) is 9.59 Å². The molecule has 1 aromatic rings. The summed E-state index contributed by atoms with van der Waals surface area (Å²) < 4.78 is 0. The van der Waals surface area contributed by atoms with Crippen LogP contribution in [0, 0.1) is 0 Å². The molecule has 140 valence electrons. The number of nitrogens with one attached hydrogen (secondary N) is 1. The Labute approximate surface area is 160 Å². The average molecular weight is 373 g/mol. The van der Waals surface area contributed by atoms with Crippen molar-refractivity contribution in [3.05, 3.63) is 35.9 Å². The van der Waals surface area contributed by atoms with Crippen LogP contribution in [0.15, 0.2) is 40.8 Å². The summed E-state index contributed by atoms with van der Waals surface area (Å²) in [6.45, 7) is 3.52. The van der Waals surface area contributed by atoms with Gasteiger partial charge in [-0.2, -0.15) is 0 Å². The number of para-hydroxylation sites is 1. The molecule has 0 radical (unpaired) electrons. The highest BCUT2D eigenvalue weighted by Crippen LogP contribution is 2.38. The highest BCUT2D eigenvalue weighted by atomic mass is 32.2. The van der Waals surface area contributed by atoms with Crippen molar-refractivity contribution in [2.24, 2.45) is 0 Å². The first kappa shape index (κ1) is 19.0. The summed E-state index contributed by atoms with van der Waals surface area (Å²) >= 11 is 1.80. The zero-order valence-electron chi connectivity index (χ0n) is 15.5. The Hall–Kier alpha value is -1.75. The van der Waals surface area contributed by atoms with Crippen molar-refractivity contribution in [1.29, 1.82) is 0 Å². The van der Waals surface area contributed by atoms with Gasteiger partial charge in [-0.3, -0.25) is 9.59 Å². The van der Waals surface area contributed by atoms with Crippen LogP contribution in [0.3, 0.4) is 0 Å². The number of benzene rings is 1. The van der Waals surface area contributed by atoms with Gasteiger partial charge < -0.3 is 10.2 Å². The second kappa shape index (κ2) is 9.26. The largest absolute Gasteiger partial charge is 0.356 e. The number of fused-ring (bicyclic) bond motifs is 1. The first-order valence-electron chi connectivity index (χ1n) is 9.64. The fraction of sp³-hybridized carbons (Fsp3) is 0.524. The first-order chi connectivity index (χ1) is 12.6. The maximum atomic E-state index is 12.7. The molecule has 0 aromatic heterocycles. The van der Waals surface area contributed by atoms with Crippen molar-refractivity contribution >= 4 is 29.3 Å². The van der Waals surface area contributed by atoms with Gasteiger partial charge in [-0.25, -0.2) is 0 Å². The molecule has 1 heterocycles. The van der Waals surface area contributed by atoms with Gasteiger partial charge in [-0.05, 0) is 44.2 Å². The maximum absolute atomic E-state index is 12.7. The van der Waals surface area contributed by atoms with E-state index in [1.807, 2.05) is 23.1 Å². The molecule has 4 nitrogen and oxygen atoms in total. The number of anilines is 1. The summed E-state index contributed by atoms with van der Waals surface area (Å²) in [7, 11) is 0. The molecule has 0 saturated carbocycles. The van der Waals surface area contributed by atoms with Crippen LogP contribution < -0.4 is 10.2 Å². The van der Waals surface area contributed by atoms with E-state index in [1.54, 1.807) is 11.8 Å². The van der Waals surface area contributed by atoms with Crippen LogP contribution in [0.2, 0.25) is 0 Å². The molecule has 0 spiro atoms. The molecule has 0 saturated heterocycles. The third-order valence-electron chi connectivity index (χ3n) is 4.94. The summed E-state index contributed by atoms with van der Waals surface area (Å²) in [5, 5.41) is 3.33. The van der Waals surface area contributed by atoms with Crippen molar-refractivity contribution in [3.63, 3.8) is 0 Å². The second-order valence-electron chi connectivity index (χ2n) is 7.11. The van der Waals surface area contributed by atoms with Crippen molar-refractivity contribution in [2.75, 3.05) is 18.0 Å². The first-order valence-corrected chi connectivity index (χ1v) is 10.5. The predicted molar refractivity (Wildman–Crippen MR) is 108 cm³/mol. The van der Waals surface area contributed by atoms with Crippen LogP contribution >= 0.6 is 11.8 Å². The quantitative estimate of drug-likeness (QED) is 0.758. The lowest BCUT2D eigenvalue weighted by atomic mass is 9.97. The van der Waals surface area contributed by atoms with E-state index in [0.717, 1.165) is 17.0 Å². The van der Waals surface area contributed by atoms with Gasteiger partial charge in [0.25, 0.3) is 0 Å². The van der Waals surface area contributed by atoms with E-state index in [1.165, 1.54) is 31.3 Å². The van der Waals surface area contributed by atoms with E-state index < -0.39 is 0 Å². The second-order valence-corrected chi connectivity index (χ2v) is 8.59. The van der Waals surface area contributed by atoms with Crippen molar-refractivity contribution in [2.45, 2.75) is 62.0 Å². The lowest BCUT2D eigenvalue weighted by Gasteiger charge is -2.32. The van der Waals surface area contributed by atoms with Crippen LogP contribution in [0.4, 0.5) is 5.69 Å². The normalized spacial score (nSPS) is 19.5. The molecule has 2 aliphatic rings. The van der Waals surface area contributed by atoms with Gasteiger partial charge in [0.2, 0.25) is 11.8 Å². The van der Waals surface area contributed by atoms with Gasteiger partial charge in [0, 0.05) is 36.1 Å². The van der Waals surface area contributed by atoms with Crippen molar-refractivity contribution in [1.82, 2.24) is 5.32 Å². The molecule has 1 atom stereocenters. The number of allylic oxidation sites excluding steroid dienone is 1. The molecule has 2 amide bonds. The monoisotopic (exact) mass is 372 g/mol. The number of rotatable bonds is 6. The zero-order chi connectivity index (χ0) is 18.4. The fourth-order valence-electron chi connectivity index (χ4n) is 3.56. The molecule has 0 unspecified atom stereocenters. The minimum absolute atomic E-state index is 0.0255. The summed E-state index contributed by atoms with van der Waals surface area (Å²) in [4.78, 5) is 27.7. The smallest absolute Gasteiger partial charge is 0.227 e. The lowest BCUT2D eigenvalue weighted by molar-refractivity contribution is -0.125. The summed E-state index contributed by atoms with van der Waals surface area (Å²) in [5.41, 5.74) is 2.44. The van der Waals surface area contributed by atoms with Gasteiger partial charge in [-0.1, -0.05) is 30.7 Å². The van der Waals surface area contributed by atoms with E-state index in [4.69, 9.17) is 0 Å². The Morgan fingerprint density at radius 1 is 1.23 bits per heavy atom. The van der Waals surface area contributed by atoms with E-state index in [0.29, 0.717) is 18.3 Å². The standard InChI is InChI=1S/C21H28N2O2S/c1-16-15-23(18-9-5-6-10-19(18)26-16)21(25)12-11-20(24)22-14-13-17-7-3-2-4-8-17/h5-7,9-10,16H,2-4,8,11-15H2,1H3,(H,22,24)/t16-/m1/s1. The number of amides is 2. The zero-order valence-corrected chi connectivity index (χ0v) is 16.3. The molecule has 0 bridgehead atoms. The minimum atomic E-state index is -0.0255. The Morgan fingerprint density at radius 2 is 2.08 bits per heavy atom. The Bertz CT molecular complexity index is 686. The van der Waals surface area contributed by atoms with Gasteiger partial charge in [-0.15, -0.1) is 11.8 Å². The molecular weight excluding hydrogens is 344 g/mol. The highest BCUT2D eigenvalue weighted by Gasteiger charge is 2.26. The maximum Gasteiger partial charge on any atom is 0.227 e. The molecule has 26 heavy (non-hydrogen) atoms. The number of hydrogen-bond acceptors (Lipinski definition) is 3. The predicted octanol–water partition coefficient (Wildman–Crippen LogP) is 4.30. The molecular formula is C21H28N2O2S. The number of thioether (sulfide) groups is 1. The van der Waals surface area contributed by atoms with Crippen LogP contribution in [-0.4, -0.2) is 30.2 Å². The van der Waals surface area contributed by atoms with Gasteiger partial charge in [0.05, 0.1) is 5.69 Å². The van der Waals surface area contributed by atoms with E-state index in [-0.39, 0.29) is 24.7 Å². The number of carbonyl (C=O) groups excluding carboxylic acids is 2. The average Bonchev–Trinajstić information content (AvgIpc) is 2.66. The fourth-order valence-corrected chi connectivity index (χ4v) is 4.68. The topological polar surface area (TPSA) is 49.4 Å². The Balaban J connectivity index is 1.45. The number of carbonyl (C=O) groups is 2. The van der Waals surface area contributed by atoms with Crippen LogP contribution in [0.5, 0.6) is 0 Å². The third kappa shape index (κ3) is 5.13. The van der Waals surface area contributed by atoms with E-state index in [9.17, 15) is 9.59 Å². The van der Waals surface area contributed by atoms with Gasteiger partial charge in [0.1, 0.15) is 0 Å². The highest BCUT2D eigenvalue weighted by molar-refractivity contribution is 8.00. The SMILES string of the molecule is C[C@@H]1CN(C(=O)CCC(=O)NCCC2=CCCCC2)c2ccccc2S1. The molecule has 0 fully saturated rings. The van der Waals surface area contributed by atoms with Crippen LogP contribution in [0.1, 0.15) is 51.9 Å². The summed E-state index contributed by atoms with van der Waals surface area (Å²) in [5.74, 6) is 0.0113. The van der Waals surface area contributed by atoms with Crippen molar-refractivity contribution < 1.29 is 9.59 Å².